The van der Waals surface area contributed by atoms with Gasteiger partial charge >= 0.3 is 5.51 Å². The molecule has 1 N–H and O–H groups in total. The number of nitrogens with zero attached hydrogens (tertiary/aromatic N) is 1. The number of rotatable bonds is 3. The van der Waals surface area contributed by atoms with E-state index in [4.69, 9.17) is 0 Å². The standard InChI is InChI=1S/C18H15F3N2O3S2/c19-18(20,21)28(25,26)12-8-6-11(7-9-12)16(24)23-17-14(10-22)13-4-2-1-3-5-15(13)27-17/h6-9H,1-5H2,(H,23,24). The van der Waals surface area contributed by atoms with E-state index in [9.17, 15) is 31.6 Å². The number of nitriles is 1. The van der Waals surface area contributed by atoms with Crippen molar-refractivity contribution in [3.8, 4) is 6.07 Å². The molecule has 0 saturated carbocycles. The summed E-state index contributed by atoms with van der Waals surface area (Å²) in [6.45, 7) is 0. The fourth-order valence-corrected chi connectivity index (χ4v) is 5.04. The summed E-state index contributed by atoms with van der Waals surface area (Å²) in [4.78, 5) is 12.6. The van der Waals surface area contributed by atoms with Crippen molar-refractivity contribution in [2.75, 3.05) is 5.32 Å². The van der Waals surface area contributed by atoms with Crippen molar-refractivity contribution in [2.24, 2.45) is 0 Å². The van der Waals surface area contributed by atoms with Crippen LogP contribution in [0.5, 0.6) is 0 Å². The quantitative estimate of drug-likeness (QED) is 0.733. The Morgan fingerprint density at radius 1 is 1.11 bits per heavy atom. The number of thiophene rings is 1. The van der Waals surface area contributed by atoms with Gasteiger partial charge in [-0.2, -0.15) is 18.4 Å². The molecule has 2 aromatic rings. The number of aryl methyl sites for hydroxylation is 1. The lowest BCUT2D eigenvalue weighted by Crippen LogP contribution is -2.23. The van der Waals surface area contributed by atoms with E-state index in [1.54, 1.807) is 0 Å². The predicted molar refractivity (Wildman–Crippen MR) is 97.9 cm³/mol. The van der Waals surface area contributed by atoms with E-state index in [1.165, 1.54) is 11.3 Å². The summed E-state index contributed by atoms with van der Waals surface area (Å²) in [5.74, 6) is -0.621. The Morgan fingerprint density at radius 2 is 1.75 bits per heavy atom. The number of anilines is 1. The lowest BCUT2D eigenvalue weighted by atomic mass is 10.1. The van der Waals surface area contributed by atoms with Gasteiger partial charge in [-0.3, -0.25) is 4.79 Å². The molecule has 1 aromatic heterocycles. The number of halogens is 3. The van der Waals surface area contributed by atoms with Crippen LogP contribution in [-0.2, 0) is 22.7 Å². The van der Waals surface area contributed by atoms with Gasteiger partial charge in [0.25, 0.3) is 15.7 Å². The zero-order valence-electron chi connectivity index (χ0n) is 14.5. The van der Waals surface area contributed by atoms with E-state index in [0.717, 1.165) is 66.8 Å². The van der Waals surface area contributed by atoms with Crippen molar-refractivity contribution >= 4 is 32.1 Å². The number of sulfone groups is 1. The SMILES string of the molecule is N#Cc1c(NC(=O)c2ccc(S(=O)(=O)C(F)(F)F)cc2)sc2c1CCCCC2. The lowest BCUT2D eigenvalue weighted by molar-refractivity contribution is -0.0436. The first-order valence-electron chi connectivity index (χ1n) is 8.42. The third-order valence-corrected chi connectivity index (χ3v) is 7.20. The maximum absolute atomic E-state index is 12.6. The molecule has 1 aromatic carbocycles. The predicted octanol–water partition coefficient (Wildman–Crippen LogP) is 4.43. The van der Waals surface area contributed by atoms with Gasteiger partial charge in [-0.15, -0.1) is 11.3 Å². The van der Waals surface area contributed by atoms with Crippen LogP contribution in [0.2, 0.25) is 0 Å². The monoisotopic (exact) mass is 428 g/mol. The molecule has 10 heteroatoms. The molecule has 1 aliphatic rings. The number of alkyl halides is 3. The van der Waals surface area contributed by atoms with Crippen molar-refractivity contribution in [1.82, 2.24) is 0 Å². The Kier molecular flexibility index (Phi) is 5.50. The van der Waals surface area contributed by atoms with E-state index in [-0.39, 0.29) is 5.56 Å². The molecule has 0 saturated heterocycles. The van der Waals surface area contributed by atoms with E-state index >= 15 is 0 Å². The second kappa shape index (κ2) is 7.56. The Balaban J connectivity index is 1.84. The molecule has 148 valence electrons. The second-order valence-electron chi connectivity index (χ2n) is 6.31. The molecule has 0 bridgehead atoms. The summed E-state index contributed by atoms with van der Waals surface area (Å²) in [6.07, 6.45) is 4.69. The number of benzene rings is 1. The fourth-order valence-electron chi connectivity index (χ4n) is 3.04. The minimum atomic E-state index is -5.47. The van der Waals surface area contributed by atoms with Gasteiger partial charge in [-0.25, -0.2) is 8.42 Å². The van der Waals surface area contributed by atoms with Crippen LogP contribution >= 0.6 is 11.3 Å². The topological polar surface area (TPSA) is 87.0 Å². The molecule has 0 radical (unpaired) electrons. The molecule has 28 heavy (non-hydrogen) atoms. The van der Waals surface area contributed by atoms with Gasteiger partial charge in [0, 0.05) is 10.4 Å². The Bertz CT molecular complexity index is 1050. The largest absolute Gasteiger partial charge is 0.501 e. The molecule has 3 rings (SSSR count). The summed E-state index contributed by atoms with van der Waals surface area (Å²) in [5, 5.41) is 12.5. The first-order chi connectivity index (χ1) is 13.1. The maximum Gasteiger partial charge on any atom is 0.501 e. The van der Waals surface area contributed by atoms with Crippen LogP contribution in [0.1, 0.15) is 45.6 Å². The lowest BCUT2D eigenvalue weighted by Gasteiger charge is -2.09. The number of fused-ring (bicyclic) bond motifs is 1. The molecule has 1 heterocycles. The van der Waals surface area contributed by atoms with Gasteiger partial charge in [-0.05, 0) is 55.5 Å². The highest BCUT2D eigenvalue weighted by atomic mass is 32.2. The average Bonchev–Trinajstić information content (AvgIpc) is 2.80. The summed E-state index contributed by atoms with van der Waals surface area (Å²) in [7, 11) is -5.47. The van der Waals surface area contributed by atoms with E-state index < -0.39 is 26.1 Å². The van der Waals surface area contributed by atoms with Crippen molar-refractivity contribution in [2.45, 2.75) is 42.5 Å². The highest BCUT2D eigenvalue weighted by Gasteiger charge is 2.46. The third kappa shape index (κ3) is 3.77. The number of hydrogen-bond donors (Lipinski definition) is 1. The van der Waals surface area contributed by atoms with Gasteiger partial charge < -0.3 is 5.32 Å². The van der Waals surface area contributed by atoms with Gasteiger partial charge in [0.15, 0.2) is 0 Å². The zero-order chi connectivity index (χ0) is 20.5. The van der Waals surface area contributed by atoms with Gasteiger partial charge in [0.2, 0.25) is 0 Å². The molecule has 0 spiro atoms. The maximum atomic E-state index is 12.6. The summed E-state index contributed by atoms with van der Waals surface area (Å²) in [5.41, 5.74) is -4.04. The van der Waals surface area contributed by atoms with E-state index in [0.29, 0.717) is 10.6 Å². The van der Waals surface area contributed by atoms with Gasteiger partial charge in [0.1, 0.15) is 11.1 Å². The fraction of sp³-hybridized carbons (Fsp3) is 0.333. The Morgan fingerprint density at radius 3 is 2.36 bits per heavy atom. The number of amides is 1. The van der Waals surface area contributed by atoms with Crippen LogP contribution in [0.25, 0.3) is 0 Å². The van der Waals surface area contributed by atoms with Crippen LogP contribution in [0.3, 0.4) is 0 Å². The normalized spacial score (nSPS) is 14.6. The molecule has 0 atom stereocenters. The van der Waals surface area contributed by atoms with Gasteiger partial charge in [0.05, 0.1) is 10.5 Å². The molecule has 5 nitrogen and oxygen atoms in total. The second-order valence-corrected chi connectivity index (χ2v) is 9.35. The highest BCUT2D eigenvalue weighted by molar-refractivity contribution is 7.92. The van der Waals surface area contributed by atoms with E-state index in [1.807, 2.05) is 0 Å². The third-order valence-electron chi connectivity index (χ3n) is 4.49. The first-order valence-corrected chi connectivity index (χ1v) is 10.7. The van der Waals surface area contributed by atoms with Crippen molar-refractivity contribution in [3.05, 3.63) is 45.8 Å². The van der Waals surface area contributed by atoms with Crippen LogP contribution in [0, 0.1) is 11.3 Å². The summed E-state index contributed by atoms with van der Waals surface area (Å²) < 4.78 is 60.6. The van der Waals surface area contributed by atoms with Crippen molar-refractivity contribution in [1.29, 1.82) is 5.26 Å². The van der Waals surface area contributed by atoms with Crippen molar-refractivity contribution in [3.63, 3.8) is 0 Å². The minimum absolute atomic E-state index is 0.00592. The summed E-state index contributed by atoms with van der Waals surface area (Å²) >= 11 is 1.33. The molecule has 0 aliphatic heterocycles. The number of nitrogens with one attached hydrogen (secondary N) is 1. The Labute approximate surface area is 163 Å². The minimum Gasteiger partial charge on any atom is -0.312 e. The highest BCUT2D eigenvalue weighted by Crippen LogP contribution is 2.37. The molecule has 0 unspecified atom stereocenters. The molecule has 1 aliphatic carbocycles. The van der Waals surface area contributed by atoms with Crippen LogP contribution in [0.15, 0.2) is 29.2 Å². The van der Waals surface area contributed by atoms with Crippen molar-refractivity contribution < 1.29 is 26.4 Å². The zero-order valence-corrected chi connectivity index (χ0v) is 16.1. The summed E-state index contributed by atoms with van der Waals surface area (Å²) in [6, 6.07) is 5.64. The molecule has 0 fully saturated rings. The van der Waals surface area contributed by atoms with Crippen LogP contribution in [0.4, 0.5) is 18.2 Å². The molecular weight excluding hydrogens is 413 g/mol. The first kappa shape index (κ1) is 20.4. The molecular formula is C18H15F3N2O3S2. The average molecular weight is 428 g/mol. The van der Waals surface area contributed by atoms with Crippen LogP contribution < -0.4 is 5.32 Å². The van der Waals surface area contributed by atoms with Gasteiger partial charge in [-0.1, -0.05) is 6.42 Å². The Hall–Kier alpha value is -2.38. The smallest absolute Gasteiger partial charge is 0.312 e. The van der Waals surface area contributed by atoms with E-state index in [2.05, 4.69) is 11.4 Å². The number of hydrogen-bond acceptors (Lipinski definition) is 5. The number of carbonyl (C=O) groups excluding carboxylic acids is 1. The van der Waals surface area contributed by atoms with Crippen LogP contribution in [-0.4, -0.2) is 19.8 Å². The number of carbonyl (C=O) groups is 1. The molecule has 1 amide bonds.